The first-order valence-electron chi connectivity index (χ1n) is 10.7. The van der Waals surface area contributed by atoms with Gasteiger partial charge in [0, 0.05) is 57.6 Å². The molecule has 1 aromatic carbocycles. The summed E-state index contributed by atoms with van der Waals surface area (Å²) in [6, 6.07) is 10.4. The molecule has 30 heavy (non-hydrogen) atoms. The fourth-order valence-corrected chi connectivity index (χ4v) is 5.66. The Kier molecular flexibility index (Phi) is 6.65. The summed E-state index contributed by atoms with van der Waals surface area (Å²) in [5, 5.41) is 0. The van der Waals surface area contributed by atoms with Crippen molar-refractivity contribution < 1.29 is 12.8 Å². The Bertz CT molecular complexity index is 946. The summed E-state index contributed by atoms with van der Waals surface area (Å²) in [4.78, 5) is 9.17. The molecule has 0 bridgehead atoms. The van der Waals surface area contributed by atoms with Crippen LogP contribution in [-0.4, -0.2) is 61.9 Å². The molecule has 4 rings (SSSR count). The molecule has 2 fully saturated rings. The molecular formula is C22H29FN4O2S. The molecule has 2 aromatic rings. The van der Waals surface area contributed by atoms with Crippen molar-refractivity contribution in [1.82, 2.24) is 14.2 Å². The van der Waals surface area contributed by atoms with Crippen molar-refractivity contribution in [2.24, 2.45) is 0 Å². The van der Waals surface area contributed by atoms with Gasteiger partial charge in [-0.25, -0.2) is 17.8 Å². The Hall–Kier alpha value is -2.03. The molecule has 0 amide bonds. The van der Waals surface area contributed by atoms with E-state index in [1.54, 1.807) is 16.4 Å². The van der Waals surface area contributed by atoms with Crippen LogP contribution in [0, 0.1) is 5.82 Å². The number of rotatable bonds is 5. The topological polar surface area (TPSA) is 56.8 Å². The van der Waals surface area contributed by atoms with E-state index in [1.165, 1.54) is 12.3 Å². The van der Waals surface area contributed by atoms with E-state index in [9.17, 15) is 12.8 Å². The smallest absolute Gasteiger partial charge is 0.244 e. The van der Waals surface area contributed by atoms with Gasteiger partial charge >= 0.3 is 0 Å². The second-order valence-corrected chi connectivity index (χ2v) is 9.96. The summed E-state index contributed by atoms with van der Waals surface area (Å²) < 4.78 is 41.1. The van der Waals surface area contributed by atoms with Gasteiger partial charge in [0.1, 0.15) is 16.5 Å². The Morgan fingerprint density at radius 3 is 2.40 bits per heavy atom. The molecular weight excluding hydrogens is 403 g/mol. The second kappa shape index (κ2) is 9.41. The number of sulfonamides is 1. The number of aromatic nitrogens is 1. The summed E-state index contributed by atoms with van der Waals surface area (Å²) >= 11 is 0. The van der Waals surface area contributed by atoms with Crippen LogP contribution in [0.2, 0.25) is 0 Å². The Balaban J connectivity index is 1.39. The van der Waals surface area contributed by atoms with Gasteiger partial charge in [0.25, 0.3) is 0 Å². The summed E-state index contributed by atoms with van der Waals surface area (Å²) in [5.74, 6) is 0.631. The lowest BCUT2D eigenvalue weighted by atomic mass is 10.2. The monoisotopic (exact) mass is 432 g/mol. The van der Waals surface area contributed by atoms with E-state index in [-0.39, 0.29) is 10.7 Å². The van der Waals surface area contributed by atoms with Crippen molar-refractivity contribution in [3.8, 4) is 0 Å². The number of anilines is 1. The minimum atomic E-state index is -3.46. The quantitative estimate of drug-likeness (QED) is 0.727. The van der Waals surface area contributed by atoms with Crippen LogP contribution in [0.15, 0.2) is 47.5 Å². The maximum absolute atomic E-state index is 14.0. The van der Waals surface area contributed by atoms with E-state index in [4.69, 9.17) is 0 Å². The molecule has 0 spiro atoms. The SMILES string of the molecule is O=S(=O)(c1ccc(N2CCCN(Cc3ccccc3F)CC2)nc1)N1CCCCC1. The predicted octanol–water partition coefficient (Wildman–Crippen LogP) is 3.11. The lowest BCUT2D eigenvalue weighted by Crippen LogP contribution is -2.35. The van der Waals surface area contributed by atoms with Gasteiger partial charge in [-0.05, 0) is 37.5 Å². The number of halogens is 1. The van der Waals surface area contributed by atoms with Crippen LogP contribution in [0.5, 0.6) is 0 Å². The maximum atomic E-state index is 14.0. The van der Waals surface area contributed by atoms with Gasteiger partial charge in [0.15, 0.2) is 0 Å². The van der Waals surface area contributed by atoms with Gasteiger partial charge < -0.3 is 4.90 Å². The van der Waals surface area contributed by atoms with Crippen molar-refractivity contribution in [1.29, 1.82) is 0 Å². The van der Waals surface area contributed by atoms with Crippen molar-refractivity contribution in [3.05, 3.63) is 54.0 Å². The molecule has 0 unspecified atom stereocenters. The zero-order valence-electron chi connectivity index (χ0n) is 17.2. The Morgan fingerprint density at radius 1 is 0.867 bits per heavy atom. The number of nitrogens with zero attached hydrogens (tertiary/aromatic N) is 4. The van der Waals surface area contributed by atoms with Crippen LogP contribution in [-0.2, 0) is 16.6 Å². The van der Waals surface area contributed by atoms with Gasteiger partial charge in [-0.1, -0.05) is 24.6 Å². The van der Waals surface area contributed by atoms with E-state index in [0.29, 0.717) is 19.6 Å². The third-order valence-electron chi connectivity index (χ3n) is 5.94. The van der Waals surface area contributed by atoms with Gasteiger partial charge in [-0.3, -0.25) is 4.90 Å². The lowest BCUT2D eigenvalue weighted by molar-refractivity contribution is 0.281. The molecule has 2 aliphatic heterocycles. The molecule has 0 radical (unpaired) electrons. The third kappa shape index (κ3) is 4.82. The molecule has 6 nitrogen and oxygen atoms in total. The van der Waals surface area contributed by atoms with Crippen LogP contribution in [0.4, 0.5) is 10.2 Å². The largest absolute Gasteiger partial charge is 0.355 e. The number of hydrogen-bond donors (Lipinski definition) is 0. The molecule has 162 valence electrons. The predicted molar refractivity (Wildman–Crippen MR) is 115 cm³/mol. The van der Waals surface area contributed by atoms with Gasteiger partial charge in [0.2, 0.25) is 10.0 Å². The molecule has 0 aliphatic carbocycles. The van der Waals surface area contributed by atoms with Crippen LogP contribution < -0.4 is 4.90 Å². The summed E-state index contributed by atoms with van der Waals surface area (Å²) in [7, 11) is -3.46. The zero-order chi connectivity index (χ0) is 21.0. The van der Waals surface area contributed by atoms with Gasteiger partial charge in [-0.2, -0.15) is 4.31 Å². The molecule has 3 heterocycles. The summed E-state index contributed by atoms with van der Waals surface area (Å²) in [5.41, 5.74) is 0.719. The van der Waals surface area contributed by atoms with Crippen LogP contribution in [0.25, 0.3) is 0 Å². The molecule has 2 aliphatic rings. The van der Waals surface area contributed by atoms with Crippen LogP contribution >= 0.6 is 0 Å². The van der Waals surface area contributed by atoms with Crippen molar-refractivity contribution in [2.45, 2.75) is 37.1 Å². The van der Waals surface area contributed by atoms with E-state index in [0.717, 1.165) is 63.2 Å². The van der Waals surface area contributed by atoms with Crippen LogP contribution in [0.1, 0.15) is 31.2 Å². The number of pyridine rings is 1. The highest BCUT2D eigenvalue weighted by Gasteiger charge is 2.26. The number of hydrogen-bond acceptors (Lipinski definition) is 5. The zero-order valence-corrected chi connectivity index (χ0v) is 18.0. The first-order valence-corrected chi connectivity index (χ1v) is 12.1. The normalized spacial score (nSPS) is 19.6. The van der Waals surface area contributed by atoms with Gasteiger partial charge in [-0.15, -0.1) is 0 Å². The summed E-state index contributed by atoms with van der Waals surface area (Å²) in [6.07, 6.45) is 5.36. The summed E-state index contributed by atoms with van der Waals surface area (Å²) in [6.45, 7) is 5.11. The fraction of sp³-hybridized carbons (Fsp3) is 0.500. The van der Waals surface area contributed by atoms with Crippen molar-refractivity contribution >= 4 is 15.8 Å². The minimum absolute atomic E-state index is 0.161. The molecule has 8 heteroatoms. The lowest BCUT2D eigenvalue weighted by Gasteiger charge is -2.26. The molecule has 1 aromatic heterocycles. The first-order chi connectivity index (χ1) is 14.5. The standard InChI is InChI=1S/C22H29FN4O2S/c23-21-8-3-2-7-19(21)18-25-11-6-12-26(16-15-25)22-10-9-20(17-24-22)30(28,29)27-13-4-1-5-14-27/h2-3,7-10,17H,1,4-6,11-16,18H2. The third-order valence-corrected chi connectivity index (χ3v) is 7.82. The van der Waals surface area contributed by atoms with E-state index in [1.807, 2.05) is 18.2 Å². The Labute approximate surface area is 178 Å². The minimum Gasteiger partial charge on any atom is -0.355 e. The average Bonchev–Trinajstić information content (AvgIpc) is 3.02. The fourth-order valence-electron chi connectivity index (χ4n) is 4.19. The highest BCUT2D eigenvalue weighted by molar-refractivity contribution is 7.89. The molecule has 2 saturated heterocycles. The molecule has 0 N–H and O–H groups in total. The molecule has 0 saturated carbocycles. The van der Waals surface area contributed by atoms with Gasteiger partial charge in [0.05, 0.1) is 0 Å². The highest BCUT2D eigenvalue weighted by atomic mass is 32.2. The Morgan fingerprint density at radius 2 is 1.67 bits per heavy atom. The molecule has 0 atom stereocenters. The van der Waals surface area contributed by atoms with Crippen LogP contribution in [0.3, 0.4) is 0 Å². The number of benzene rings is 1. The van der Waals surface area contributed by atoms with E-state index < -0.39 is 10.0 Å². The average molecular weight is 433 g/mol. The van der Waals surface area contributed by atoms with Crippen molar-refractivity contribution in [2.75, 3.05) is 44.2 Å². The highest BCUT2D eigenvalue weighted by Crippen LogP contribution is 2.22. The van der Waals surface area contributed by atoms with E-state index >= 15 is 0 Å². The maximum Gasteiger partial charge on any atom is 0.244 e. The van der Waals surface area contributed by atoms with E-state index in [2.05, 4.69) is 14.8 Å². The van der Waals surface area contributed by atoms with Crippen molar-refractivity contribution in [3.63, 3.8) is 0 Å². The first kappa shape index (κ1) is 21.2. The number of piperidine rings is 1. The second-order valence-electron chi connectivity index (χ2n) is 8.03.